The topological polar surface area (TPSA) is 105 Å². The number of fused-ring (bicyclic) bond motifs is 1. The Balaban J connectivity index is 1.51. The Morgan fingerprint density at radius 3 is 2.50 bits per heavy atom. The summed E-state index contributed by atoms with van der Waals surface area (Å²) in [6.07, 6.45) is 8.93. The first-order chi connectivity index (χ1) is 14.1. The van der Waals surface area contributed by atoms with Crippen LogP contribution in [0.25, 0.3) is 0 Å². The van der Waals surface area contributed by atoms with Crippen LogP contribution in [-0.4, -0.2) is 66.1 Å². The van der Waals surface area contributed by atoms with Gasteiger partial charge in [-0.25, -0.2) is 17.7 Å². The van der Waals surface area contributed by atoms with Crippen molar-refractivity contribution in [3.63, 3.8) is 0 Å². The van der Waals surface area contributed by atoms with Gasteiger partial charge in [0.1, 0.15) is 0 Å². The first-order valence-corrected chi connectivity index (χ1v) is 12.6. The molecule has 2 fully saturated rings. The van der Waals surface area contributed by atoms with Crippen LogP contribution in [0.3, 0.4) is 0 Å². The number of rotatable bonds is 5. The van der Waals surface area contributed by atoms with E-state index in [2.05, 4.69) is 15.3 Å². The third-order valence-electron chi connectivity index (χ3n) is 6.29. The van der Waals surface area contributed by atoms with Gasteiger partial charge in [-0.2, -0.15) is 4.98 Å². The van der Waals surface area contributed by atoms with Crippen molar-refractivity contribution in [3.8, 4) is 5.75 Å². The lowest BCUT2D eigenvalue weighted by atomic mass is 10.0. The summed E-state index contributed by atoms with van der Waals surface area (Å²) < 4.78 is 30.8. The lowest BCUT2D eigenvalue weighted by Gasteiger charge is -2.39. The van der Waals surface area contributed by atoms with Crippen molar-refractivity contribution in [2.75, 3.05) is 36.1 Å². The predicted octanol–water partition coefficient (Wildman–Crippen LogP) is 2.01. The van der Waals surface area contributed by atoms with Crippen molar-refractivity contribution in [3.05, 3.63) is 6.20 Å². The molecule has 0 radical (unpaired) electrons. The van der Waals surface area contributed by atoms with E-state index in [-0.39, 0.29) is 11.9 Å². The smallest absolute Gasteiger partial charge is 0.271 e. The minimum absolute atomic E-state index is 0.0759. The SMILES string of the molecule is CC1(C)Oc2cnc(NC3CCN(S(C)(=O)=O)CC3)nc2N(CC2CCCC2)C1=O. The highest BCUT2D eigenvalue weighted by molar-refractivity contribution is 7.88. The maximum atomic E-state index is 13.1. The van der Waals surface area contributed by atoms with Crippen molar-refractivity contribution >= 4 is 27.7 Å². The molecular formula is C20H31N5O4S. The summed E-state index contributed by atoms with van der Waals surface area (Å²) in [5, 5.41) is 3.32. The standard InChI is InChI=1S/C20H31N5O4S/c1-20(2)18(26)25(13-14-6-4-5-7-14)17-16(29-20)12-21-19(23-17)22-15-8-10-24(11-9-15)30(3,27)28/h12,14-15H,4-11,13H2,1-3H3,(H,21,22,23). The minimum atomic E-state index is -3.16. The zero-order valence-corrected chi connectivity index (χ0v) is 18.7. The van der Waals surface area contributed by atoms with Gasteiger partial charge in [0.2, 0.25) is 16.0 Å². The van der Waals surface area contributed by atoms with Crippen LogP contribution >= 0.6 is 0 Å². The van der Waals surface area contributed by atoms with Gasteiger partial charge in [-0.1, -0.05) is 12.8 Å². The number of carbonyl (C=O) groups excluding carboxylic acids is 1. The molecule has 2 aliphatic heterocycles. The Hall–Kier alpha value is -1.94. The maximum absolute atomic E-state index is 13.1. The monoisotopic (exact) mass is 437 g/mol. The molecule has 1 aromatic heterocycles. The Morgan fingerprint density at radius 1 is 1.20 bits per heavy atom. The number of aromatic nitrogens is 2. The van der Waals surface area contributed by atoms with Crippen LogP contribution in [0.15, 0.2) is 6.20 Å². The lowest BCUT2D eigenvalue weighted by molar-refractivity contribution is -0.133. The van der Waals surface area contributed by atoms with Gasteiger partial charge in [0.15, 0.2) is 17.2 Å². The van der Waals surface area contributed by atoms with Crippen LogP contribution < -0.4 is 15.0 Å². The number of sulfonamides is 1. The fraction of sp³-hybridized carbons (Fsp3) is 0.750. The second kappa shape index (κ2) is 7.96. The van der Waals surface area contributed by atoms with Crippen molar-refractivity contribution in [1.82, 2.24) is 14.3 Å². The Bertz CT molecular complexity index is 906. The molecule has 1 saturated heterocycles. The Kier molecular flexibility index (Phi) is 5.65. The average molecular weight is 438 g/mol. The van der Waals surface area contributed by atoms with Gasteiger partial charge in [0, 0.05) is 25.7 Å². The molecule has 0 bridgehead atoms. The maximum Gasteiger partial charge on any atom is 0.271 e. The highest BCUT2D eigenvalue weighted by Gasteiger charge is 2.43. The van der Waals surface area contributed by atoms with Gasteiger partial charge in [-0.3, -0.25) is 9.69 Å². The molecule has 1 aliphatic carbocycles. The van der Waals surface area contributed by atoms with Crippen LogP contribution in [-0.2, 0) is 14.8 Å². The van der Waals surface area contributed by atoms with Crippen molar-refractivity contribution in [2.24, 2.45) is 5.92 Å². The molecule has 0 unspecified atom stereocenters. The number of nitrogens with zero attached hydrogens (tertiary/aromatic N) is 4. The summed E-state index contributed by atoms with van der Waals surface area (Å²) in [6.45, 7) is 5.17. The van der Waals surface area contributed by atoms with Gasteiger partial charge in [-0.15, -0.1) is 0 Å². The molecule has 30 heavy (non-hydrogen) atoms. The van der Waals surface area contributed by atoms with Gasteiger partial charge in [-0.05, 0) is 45.4 Å². The zero-order chi connectivity index (χ0) is 21.5. The quantitative estimate of drug-likeness (QED) is 0.751. The van der Waals surface area contributed by atoms with E-state index in [1.807, 2.05) is 0 Å². The number of hydrogen-bond donors (Lipinski definition) is 1. The fourth-order valence-electron chi connectivity index (χ4n) is 4.57. The van der Waals surface area contributed by atoms with Crippen molar-refractivity contribution < 1.29 is 17.9 Å². The summed E-state index contributed by atoms with van der Waals surface area (Å²) in [5.41, 5.74) is -0.942. The average Bonchev–Trinajstić information content (AvgIpc) is 3.19. The number of nitrogens with one attached hydrogen (secondary N) is 1. The van der Waals surface area contributed by atoms with Crippen LogP contribution in [0.2, 0.25) is 0 Å². The van der Waals surface area contributed by atoms with Crippen LogP contribution in [0.5, 0.6) is 5.75 Å². The first kappa shape index (κ1) is 21.3. The molecule has 1 N–H and O–H groups in total. The Labute approximate surface area is 178 Å². The molecule has 0 aromatic carbocycles. The third-order valence-corrected chi connectivity index (χ3v) is 7.59. The van der Waals surface area contributed by atoms with Gasteiger partial charge < -0.3 is 10.1 Å². The summed E-state index contributed by atoms with van der Waals surface area (Å²) >= 11 is 0. The van der Waals surface area contributed by atoms with Crippen LogP contribution in [0.4, 0.5) is 11.8 Å². The lowest BCUT2D eigenvalue weighted by Crippen LogP contribution is -2.54. The molecule has 9 nitrogen and oxygen atoms in total. The molecule has 166 valence electrons. The normalized spacial score (nSPS) is 23.3. The second-order valence-corrected chi connectivity index (χ2v) is 11.1. The van der Waals surface area contributed by atoms with Gasteiger partial charge in [0.25, 0.3) is 5.91 Å². The number of piperidine rings is 1. The van der Waals surface area contributed by atoms with Crippen molar-refractivity contribution in [1.29, 1.82) is 0 Å². The molecular weight excluding hydrogens is 406 g/mol. The molecule has 1 saturated carbocycles. The van der Waals surface area contributed by atoms with E-state index in [4.69, 9.17) is 4.74 Å². The third kappa shape index (κ3) is 4.39. The number of ether oxygens (including phenoxy) is 1. The van der Waals surface area contributed by atoms with Crippen LogP contribution in [0.1, 0.15) is 52.4 Å². The summed E-state index contributed by atoms with van der Waals surface area (Å²) in [6, 6.07) is 0.0842. The van der Waals surface area contributed by atoms with E-state index < -0.39 is 15.6 Å². The number of hydrogen-bond acceptors (Lipinski definition) is 7. The predicted molar refractivity (Wildman–Crippen MR) is 114 cm³/mol. The molecule has 0 spiro atoms. The molecule has 10 heteroatoms. The van der Waals surface area contributed by atoms with E-state index in [9.17, 15) is 13.2 Å². The fourth-order valence-corrected chi connectivity index (χ4v) is 5.45. The summed E-state index contributed by atoms with van der Waals surface area (Å²) in [4.78, 5) is 23.9. The Morgan fingerprint density at radius 2 is 1.87 bits per heavy atom. The summed E-state index contributed by atoms with van der Waals surface area (Å²) in [5.74, 6) is 1.90. The van der Waals surface area contributed by atoms with E-state index in [1.165, 1.54) is 23.4 Å². The second-order valence-electron chi connectivity index (χ2n) is 9.14. The molecule has 0 atom stereocenters. The van der Waals surface area contributed by atoms with E-state index >= 15 is 0 Å². The minimum Gasteiger partial charge on any atom is -0.472 e. The zero-order valence-electron chi connectivity index (χ0n) is 17.9. The number of amides is 1. The van der Waals surface area contributed by atoms with Gasteiger partial charge in [0.05, 0.1) is 12.5 Å². The molecule has 3 heterocycles. The highest BCUT2D eigenvalue weighted by Crippen LogP contribution is 2.38. The molecule has 1 amide bonds. The molecule has 1 aromatic rings. The number of anilines is 2. The highest BCUT2D eigenvalue weighted by atomic mass is 32.2. The molecule has 4 rings (SSSR count). The largest absolute Gasteiger partial charge is 0.472 e. The van der Waals surface area contributed by atoms with Gasteiger partial charge >= 0.3 is 0 Å². The van der Waals surface area contributed by atoms with Crippen molar-refractivity contribution in [2.45, 2.75) is 64.0 Å². The van der Waals surface area contributed by atoms with E-state index in [1.54, 1.807) is 24.9 Å². The van der Waals surface area contributed by atoms with Crippen LogP contribution in [0, 0.1) is 5.92 Å². The molecule has 3 aliphatic rings. The van der Waals surface area contributed by atoms with E-state index in [0.29, 0.717) is 55.9 Å². The first-order valence-electron chi connectivity index (χ1n) is 10.7. The van der Waals surface area contributed by atoms with E-state index in [0.717, 1.165) is 12.8 Å². The number of carbonyl (C=O) groups is 1. The summed E-state index contributed by atoms with van der Waals surface area (Å²) in [7, 11) is -3.16.